The van der Waals surface area contributed by atoms with Crippen molar-refractivity contribution in [2.45, 2.75) is 50.8 Å². The summed E-state index contributed by atoms with van der Waals surface area (Å²) in [7, 11) is 0. The van der Waals surface area contributed by atoms with E-state index in [1.807, 2.05) is 18.7 Å². The maximum absolute atomic E-state index is 12.1. The van der Waals surface area contributed by atoms with E-state index in [-0.39, 0.29) is 6.03 Å². The predicted octanol–water partition coefficient (Wildman–Crippen LogP) is 2.17. The Morgan fingerprint density at radius 2 is 2.21 bits per heavy atom. The van der Waals surface area contributed by atoms with Gasteiger partial charge in [-0.3, -0.25) is 0 Å². The summed E-state index contributed by atoms with van der Waals surface area (Å²) in [5, 5.41) is 12.2. The van der Waals surface area contributed by atoms with Crippen molar-refractivity contribution in [3.63, 3.8) is 0 Å². The first-order valence-electron chi connectivity index (χ1n) is 6.98. The summed E-state index contributed by atoms with van der Waals surface area (Å²) in [5.74, 6) is -0.0150. The van der Waals surface area contributed by atoms with Crippen LogP contribution in [0.1, 0.15) is 39.5 Å². The standard InChI is InChI=1S/C13H24N2O3S/c1-3-5-6-11(12(16)17)14-13(18)15-7-8-19-10(4-2)9-15/h10-11H,3-9H2,1-2H3,(H,14,18)(H,16,17). The fourth-order valence-corrected chi connectivity index (χ4v) is 3.24. The number of rotatable bonds is 6. The van der Waals surface area contributed by atoms with Gasteiger partial charge in [0.15, 0.2) is 0 Å². The SMILES string of the molecule is CCCCC(NC(=O)N1CCSC(CC)C1)C(=O)O. The molecule has 110 valence electrons. The molecule has 2 amide bonds. The first-order valence-corrected chi connectivity index (χ1v) is 8.03. The highest BCUT2D eigenvalue weighted by Gasteiger charge is 2.26. The molecule has 1 aliphatic rings. The van der Waals surface area contributed by atoms with E-state index in [1.165, 1.54) is 0 Å². The molecule has 2 N–H and O–H groups in total. The first kappa shape index (κ1) is 16.1. The molecule has 6 heteroatoms. The number of aliphatic carboxylic acids is 1. The molecular weight excluding hydrogens is 264 g/mol. The van der Waals surface area contributed by atoms with Crippen molar-refractivity contribution in [3.05, 3.63) is 0 Å². The Morgan fingerprint density at radius 1 is 1.47 bits per heavy atom. The highest BCUT2D eigenvalue weighted by atomic mass is 32.2. The molecular formula is C13H24N2O3S. The number of carbonyl (C=O) groups is 2. The van der Waals surface area contributed by atoms with Crippen LogP contribution < -0.4 is 5.32 Å². The normalized spacial score (nSPS) is 20.9. The average molecular weight is 288 g/mol. The van der Waals surface area contributed by atoms with Crippen LogP contribution in [0, 0.1) is 0 Å². The predicted molar refractivity (Wildman–Crippen MR) is 77.6 cm³/mol. The second-order valence-corrected chi connectivity index (χ2v) is 6.24. The van der Waals surface area contributed by atoms with Crippen molar-refractivity contribution in [1.82, 2.24) is 10.2 Å². The van der Waals surface area contributed by atoms with Crippen molar-refractivity contribution in [2.24, 2.45) is 0 Å². The number of nitrogens with zero attached hydrogens (tertiary/aromatic N) is 1. The summed E-state index contributed by atoms with van der Waals surface area (Å²) >= 11 is 1.89. The van der Waals surface area contributed by atoms with E-state index in [9.17, 15) is 9.59 Å². The van der Waals surface area contributed by atoms with Crippen LogP contribution in [0.15, 0.2) is 0 Å². The number of hydrogen-bond donors (Lipinski definition) is 2. The molecule has 1 heterocycles. The number of carbonyl (C=O) groups excluding carboxylic acids is 1. The number of nitrogens with one attached hydrogen (secondary N) is 1. The molecule has 1 aliphatic heterocycles. The van der Waals surface area contributed by atoms with Gasteiger partial charge < -0.3 is 15.3 Å². The van der Waals surface area contributed by atoms with Crippen molar-refractivity contribution >= 4 is 23.8 Å². The minimum absolute atomic E-state index is 0.234. The van der Waals surface area contributed by atoms with Crippen LogP contribution in [-0.2, 0) is 4.79 Å². The lowest BCUT2D eigenvalue weighted by atomic mass is 10.1. The maximum Gasteiger partial charge on any atom is 0.326 e. The summed E-state index contributed by atoms with van der Waals surface area (Å²) in [6.07, 6.45) is 3.27. The molecule has 0 bridgehead atoms. The fraction of sp³-hybridized carbons (Fsp3) is 0.846. The Balaban J connectivity index is 2.48. The molecule has 0 spiro atoms. The van der Waals surface area contributed by atoms with Gasteiger partial charge in [0.2, 0.25) is 0 Å². The minimum atomic E-state index is -0.944. The molecule has 0 saturated carbocycles. The Labute approximate surface area is 119 Å². The highest BCUT2D eigenvalue weighted by Crippen LogP contribution is 2.21. The third-order valence-corrected chi connectivity index (χ3v) is 4.70. The average Bonchev–Trinajstić information content (AvgIpc) is 2.42. The highest BCUT2D eigenvalue weighted by molar-refractivity contribution is 8.00. The zero-order valence-corrected chi connectivity index (χ0v) is 12.5. The third-order valence-electron chi connectivity index (χ3n) is 3.32. The maximum atomic E-state index is 12.1. The lowest BCUT2D eigenvalue weighted by Crippen LogP contribution is -2.51. The minimum Gasteiger partial charge on any atom is -0.480 e. The molecule has 1 fully saturated rings. The van der Waals surface area contributed by atoms with E-state index in [4.69, 9.17) is 5.11 Å². The summed E-state index contributed by atoms with van der Waals surface area (Å²) in [6, 6.07) is -0.996. The molecule has 0 radical (unpaired) electrons. The number of thioether (sulfide) groups is 1. The Morgan fingerprint density at radius 3 is 2.79 bits per heavy atom. The van der Waals surface area contributed by atoms with Crippen molar-refractivity contribution in [1.29, 1.82) is 0 Å². The van der Waals surface area contributed by atoms with E-state index < -0.39 is 12.0 Å². The van der Waals surface area contributed by atoms with Crippen LogP contribution >= 0.6 is 11.8 Å². The van der Waals surface area contributed by atoms with Gasteiger partial charge in [-0.1, -0.05) is 26.7 Å². The van der Waals surface area contributed by atoms with Gasteiger partial charge in [0, 0.05) is 24.1 Å². The molecule has 0 aliphatic carbocycles. The second kappa shape index (κ2) is 8.30. The van der Waals surface area contributed by atoms with Crippen molar-refractivity contribution < 1.29 is 14.7 Å². The van der Waals surface area contributed by atoms with E-state index >= 15 is 0 Å². The topological polar surface area (TPSA) is 69.6 Å². The van der Waals surface area contributed by atoms with Gasteiger partial charge in [-0.05, 0) is 12.8 Å². The van der Waals surface area contributed by atoms with Crippen molar-refractivity contribution in [2.75, 3.05) is 18.8 Å². The summed E-state index contributed by atoms with van der Waals surface area (Å²) in [5.41, 5.74) is 0. The van der Waals surface area contributed by atoms with Crippen LogP contribution in [0.5, 0.6) is 0 Å². The monoisotopic (exact) mass is 288 g/mol. The molecule has 0 aromatic heterocycles. The summed E-state index contributed by atoms with van der Waals surface area (Å²) in [6.45, 7) is 5.54. The van der Waals surface area contributed by atoms with Gasteiger partial charge in [-0.15, -0.1) is 0 Å². The summed E-state index contributed by atoms with van der Waals surface area (Å²) in [4.78, 5) is 24.9. The second-order valence-electron chi connectivity index (χ2n) is 4.83. The molecule has 5 nitrogen and oxygen atoms in total. The van der Waals surface area contributed by atoms with Gasteiger partial charge in [0.1, 0.15) is 6.04 Å². The third kappa shape index (κ3) is 5.30. The number of unbranched alkanes of at least 4 members (excludes halogenated alkanes) is 1. The first-order chi connectivity index (χ1) is 9.08. The zero-order chi connectivity index (χ0) is 14.3. The number of carboxylic acids is 1. The molecule has 0 aromatic carbocycles. The van der Waals surface area contributed by atoms with E-state index in [2.05, 4.69) is 12.2 Å². The Kier molecular flexibility index (Phi) is 7.05. The quantitative estimate of drug-likeness (QED) is 0.786. The molecule has 1 rings (SSSR count). The van der Waals surface area contributed by atoms with Gasteiger partial charge in [-0.2, -0.15) is 11.8 Å². The Bertz CT molecular complexity index is 312. The van der Waals surface area contributed by atoms with E-state index in [1.54, 1.807) is 4.90 Å². The van der Waals surface area contributed by atoms with Gasteiger partial charge >= 0.3 is 12.0 Å². The zero-order valence-electron chi connectivity index (χ0n) is 11.7. The van der Waals surface area contributed by atoms with Crippen LogP contribution in [0.4, 0.5) is 4.79 Å². The van der Waals surface area contributed by atoms with Crippen LogP contribution in [0.2, 0.25) is 0 Å². The molecule has 1 saturated heterocycles. The van der Waals surface area contributed by atoms with Gasteiger partial charge in [-0.25, -0.2) is 9.59 Å². The number of amides is 2. The van der Waals surface area contributed by atoms with Gasteiger partial charge in [0.25, 0.3) is 0 Å². The van der Waals surface area contributed by atoms with E-state index in [0.29, 0.717) is 24.8 Å². The molecule has 0 aromatic rings. The van der Waals surface area contributed by atoms with Crippen LogP contribution in [0.25, 0.3) is 0 Å². The van der Waals surface area contributed by atoms with Crippen molar-refractivity contribution in [3.8, 4) is 0 Å². The summed E-state index contributed by atoms with van der Waals surface area (Å²) < 4.78 is 0. The number of carboxylic acid groups (broad SMARTS) is 1. The lowest BCUT2D eigenvalue weighted by molar-refractivity contribution is -0.139. The lowest BCUT2D eigenvalue weighted by Gasteiger charge is -2.32. The molecule has 2 unspecified atom stereocenters. The number of urea groups is 1. The van der Waals surface area contributed by atoms with Crippen LogP contribution in [-0.4, -0.2) is 52.1 Å². The molecule has 19 heavy (non-hydrogen) atoms. The molecule has 2 atom stereocenters. The van der Waals surface area contributed by atoms with Crippen LogP contribution in [0.3, 0.4) is 0 Å². The number of hydrogen-bond acceptors (Lipinski definition) is 3. The van der Waals surface area contributed by atoms with Gasteiger partial charge in [0.05, 0.1) is 0 Å². The van der Waals surface area contributed by atoms with E-state index in [0.717, 1.165) is 25.0 Å². The fourth-order valence-electron chi connectivity index (χ4n) is 2.06. The largest absolute Gasteiger partial charge is 0.480 e. The smallest absolute Gasteiger partial charge is 0.326 e. The Hall–Kier alpha value is -0.910.